The van der Waals surface area contributed by atoms with E-state index in [0.717, 1.165) is 19.3 Å². The third kappa shape index (κ3) is 4.26. The molecule has 1 aliphatic rings. The van der Waals surface area contributed by atoms with Gasteiger partial charge in [0.25, 0.3) is 0 Å². The number of piperidine rings is 1. The minimum atomic E-state index is -3.31. The van der Waals surface area contributed by atoms with Crippen LogP contribution < -0.4 is 5.73 Å². The maximum absolute atomic E-state index is 12.0. The molecule has 0 aliphatic carbocycles. The quantitative estimate of drug-likeness (QED) is 0.838. The highest BCUT2D eigenvalue weighted by Crippen LogP contribution is 2.23. The van der Waals surface area contributed by atoms with Crippen LogP contribution in [0.25, 0.3) is 0 Å². The van der Waals surface area contributed by atoms with Crippen molar-refractivity contribution in [1.29, 1.82) is 0 Å². The van der Waals surface area contributed by atoms with E-state index >= 15 is 0 Å². The lowest BCUT2D eigenvalue weighted by molar-refractivity contribution is 0.273. The second-order valence-electron chi connectivity index (χ2n) is 5.25. The molecular weight excluding hydrogens is 292 g/mol. The van der Waals surface area contributed by atoms with Gasteiger partial charge in [0.15, 0.2) is 0 Å². The summed E-state index contributed by atoms with van der Waals surface area (Å²) in [6.45, 7) is 1.14. The van der Waals surface area contributed by atoms with Crippen LogP contribution in [0.15, 0.2) is 30.3 Å². The van der Waals surface area contributed by atoms with Gasteiger partial charge >= 0.3 is 0 Å². The van der Waals surface area contributed by atoms with Crippen LogP contribution in [0.5, 0.6) is 0 Å². The highest BCUT2D eigenvalue weighted by Gasteiger charge is 2.28. The zero-order valence-corrected chi connectivity index (χ0v) is 13.0. The van der Waals surface area contributed by atoms with Gasteiger partial charge in [-0.05, 0) is 30.7 Å². The summed E-state index contributed by atoms with van der Waals surface area (Å²) < 4.78 is 25.6. The first-order chi connectivity index (χ1) is 9.47. The SMILES string of the molecule is NC(=S)CS(=O)(=O)N1CCC(Cc2ccccc2)CC1. The Labute approximate surface area is 126 Å². The van der Waals surface area contributed by atoms with Crippen molar-refractivity contribution >= 4 is 27.2 Å². The predicted octanol–water partition coefficient (Wildman–Crippen LogP) is 1.56. The third-order valence-corrected chi connectivity index (χ3v) is 5.81. The Bertz CT molecular complexity index is 550. The van der Waals surface area contributed by atoms with Crippen LogP contribution in [0.2, 0.25) is 0 Å². The van der Waals surface area contributed by atoms with Gasteiger partial charge in [0.1, 0.15) is 5.75 Å². The topological polar surface area (TPSA) is 63.4 Å². The van der Waals surface area contributed by atoms with Gasteiger partial charge in [-0.2, -0.15) is 0 Å². The van der Waals surface area contributed by atoms with Crippen molar-refractivity contribution in [3.05, 3.63) is 35.9 Å². The lowest BCUT2D eigenvalue weighted by Gasteiger charge is -2.31. The summed E-state index contributed by atoms with van der Waals surface area (Å²) in [5.74, 6) is 0.333. The molecule has 1 heterocycles. The monoisotopic (exact) mass is 312 g/mol. The van der Waals surface area contributed by atoms with Gasteiger partial charge in [0, 0.05) is 13.1 Å². The Morgan fingerprint density at radius 1 is 1.25 bits per heavy atom. The van der Waals surface area contributed by atoms with Crippen LogP contribution in [0.4, 0.5) is 0 Å². The molecule has 0 spiro atoms. The van der Waals surface area contributed by atoms with E-state index in [1.165, 1.54) is 9.87 Å². The number of thiocarbonyl (C=S) groups is 1. The average molecular weight is 312 g/mol. The number of hydrogen-bond donors (Lipinski definition) is 1. The molecule has 1 aromatic rings. The standard InChI is InChI=1S/C14H20N2O2S2/c15-14(19)11-20(17,18)16-8-6-13(7-9-16)10-12-4-2-1-3-5-12/h1-5,13H,6-11H2,(H2,15,19). The van der Waals surface area contributed by atoms with Crippen LogP contribution in [0.3, 0.4) is 0 Å². The maximum Gasteiger partial charge on any atom is 0.220 e. The first-order valence-electron chi connectivity index (χ1n) is 6.77. The van der Waals surface area contributed by atoms with Crippen molar-refractivity contribution in [2.45, 2.75) is 19.3 Å². The molecule has 2 N–H and O–H groups in total. The molecule has 4 nitrogen and oxygen atoms in total. The highest BCUT2D eigenvalue weighted by molar-refractivity contribution is 7.92. The summed E-state index contributed by atoms with van der Waals surface area (Å²) in [4.78, 5) is 0.0383. The lowest BCUT2D eigenvalue weighted by atomic mass is 9.91. The van der Waals surface area contributed by atoms with Crippen molar-refractivity contribution in [1.82, 2.24) is 4.31 Å². The minimum Gasteiger partial charge on any atom is -0.392 e. The normalized spacial score (nSPS) is 18.0. The largest absolute Gasteiger partial charge is 0.392 e. The number of sulfonamides is 1. The van der Waals surface area contributed by atoms with Crippen LogP contribution in [0, 0.1) is 5.92 Å². The van der Waals surface area contributed by atoms with Gasteiger partial charge in [0.2, 0.25) is 10.0 Å². The summed E-state index contributed by atoms with van der Waals surface area (Å²) in [5.41, 5.74) is 6.66. The molecular formula is C14H20N2O2S2. The van der Waals surface area contributed by atoms with E-state index in [1.54, 1.807) is 0 Å². The number of nitrogens with zero attached hydrogens (tertiary/aromatic N) is 1. The second-order valence-corrected chi connectivity index (χ2v) is 7.75. The van der Waals surface area contributed by atoms with Crippen LogP contribution in [0.1, 0.15) is 18.4 Å². The lowest BCUT2D eigenvalue weighted by Crippen LogP contribution is -2.42. The summed E-state index contributed by atoms with van der Waals surface area (Å²) in [6.07, 6.45) is 2.81. The fourth-order valence-corrected chi connectivity index (χ4v) is 4.37. The van der Waals surface area contributed by atoms with Crippen LogP contribution in [-0.4, -0.2) is 36.6 Å². The fraction of sp³-hybridized carbons (Fsp3) is 0.500. The van der Waals surface area contributed by atoms with Gasteiger partial charge in [-0.15, -0.1) is 0 Å². The van der Waals surface area contributed by atoms with Crippen molar-refractivity contribution in [2.75, 3.05) is 18.8 Å². The van der Waals surface area contributed by atoms with Crippen LogP contribution in [-0.2, 0) is 16.4 Å². The summed E-state index contributed by atoms with van der Waals surface area (Å²) in [5, 5.41) is 0. The Hall–Kier alpha value is -0.980. The average Bonchev–Trinajstić information content (AvgIpc) is 2.39. The molecule has 0 radical (unpaired) electrons. The van der Waals surface area contributed by atoms with Gasteiger partial charge in [0.05, 0.1) is 4.99 Å². The number of nitrogens with two attached hydrogens (primary N) is 1. The van der Waals surface area contributed by atoms with Crippen LogP contribution >= 0.6 is 12.2 Å². The Kier molecular flexibility index (Phi) is 5.12. The number of hydrogen-bond acceptors (Lipinski definition) is 3. The molecule has 110 valence electrons. The fourth-order valence-electron chi connectivity index (χ4n) is 2.61. The van der Waals surface area contributed by atoms with E-state index in [-0.39, 0.29) is 10.7 Å². The second kappa shape index (κ2) is 6.65. The molecule has 0 saturated carbocycles. The van der Waals surface area contributed by atoms with E-state index < -0.39 is 10.0 Å². The Balaban J connectivity index is 1.88. The molecule has 0 bridgehead atoms. The van der Waals surface area contributed by atoms with Crippen molar-refractivity contribution in [3.8, 4) is 0 Å². The van der Waals surface area contributed by atoms with Crippen molar-refractivity contribution in [2.24, 2.45) is 11.7 Å². The van der Waals surface area contributed by atoms with E-state index in [2.05, 4.69) is 12.1 Å². The van der Waals surface area contributed by atoms with Gasteiger partial charge in [-0.25, -0.2) is 12.7 Å². The summed E-state index contributed by atoms with van der Waals surface area (Å²) in [6, 6.07) is 10.3. The van der Waals surface area contributed by atoms with E-state index in [4.69, 9.17) is 18.0 Å². The minimum absolute atomic E-state index is 0.0383. The first kappa shape index (κ1) is 15.4. The molecule has 6 heteroatoms. The third-order valence-electron chi connectivity index (χ3n) is 3.66. The predicted molar refractivity (Wildman–Crippen MR) is 85.0 cm³/mol. The molecule has 1 saturated heterocycles. The number of benzene rings is 1. The molecule has 20 heavy (non-hydrogen) atoms. The van der Waals surface area contributed by atoms with Gasteiger partial charge in [-0.1, -0.05) is 42.5 Å². The van der Waals surface area contributed by atoms with Crippen molar-refractivity contribution < 1.29 is 8.42 Å². The first-order valence-corrected chi connectivity index (χ1v) is 8.79. The van der Waals surface area contributed by atoms with Gasteiger partial charge < -0.3 is 5.73 Å². The Morgan fingerprint density at radius 3 is 2.40 bits per heavy atom. The maximum atomic E-state index is 12.0. The molecule has 0 aromatic heterocycles. The van der Waals surface area contributed by atoms with E-state index in [9.17, 15) is 8.42 Å². The zero-order chi connectivity index (χ0) is 14.6. The summed E-state index contributed by atoms with van der Waals surface area (Å²) >= 11 is 4.69. The molecule has 2 rings (SSSR count). The molecule has 0 atom stereocenters. The van der Waals surface area contributed by atoms with Gasteiger partial charge in [-0.3, -0.25) is 0 Å². The zero-order valence-electron chi connectivity index (χ0n) is 11.4. The molecule has 1 fully saturated rings. The van der Waals surface area contributed by atoms with E-state index in [1.807, 2.05) is 18.2 Å². The molecule has 1 aliphatic heterocycles. The van der Waals surface area contributed by atoms with E-state index in [0.29, 0.717) is 19.0 Å². The highest BCUT2D eigenvalue weighted by atomic mass is 32.2. The molecule has 0 unspecified atom stereocenters. The molecule has 1 aromatic carbocycles. The Morgan fingerprint density at radius 2 is 1.85 bits per heavy atom. The summed E-state index contributed by atoms with van der Waals surface area (Å²) in [7, 11) is -3.31. The smallest absolute Gasteiger partial charge is 0.220 e. The molecule has 0 amide bonds. The number of rotatable bonds is 5. The van der Waals surface area contributed by atoms with Crippen molar-refractivity contribution in [3.63, 3.8) is 0 Å².